The maximum absolute atomic E-state index is 9.99. The second-order valence-electron chi connectivity index (χ2n) is 6.24. The first kappa shape index (κ1) is 15.3. The molecule has 0 amide bonds. The summed E-state index contributed by atoms with van der Waals surface area (Å²) in [4.78, 5) is 4.28. The number of hydrogen-bond donors (Lipinski definition) is 1. The van der Waals surface area contributed by atoms with Crippen LogP contribution in [0.5, 0.6) is 5.75 Å². The number of phenols is 1. The SMILES string of the molecule is Cc1cc(C=Cc2ccc(O)c3ncccc23)[n+](C)c2ccccc12. The van der Waals surface area contributed by atoms with Gasteiger partial charge in [-0.1, -0.05) is 24.3 Å². The van der Waals surface area contributed by atoms with Gasteiger partial charge in [0.05, 0.1) is 0 Å². The number of aromatic nitrogens is 2. The summed E-state index contributed by atoms with van der Waals surface area (Å²) in [7, 11) is 2.08. The van der Waals surface area contributed by atoms with Crippen molar-refractivity contribution in [2.45, 2.75) is 6.92 Å². The fourth-order valence-corrected chi connectivity index (χ4v) is 3.30. The van der Waals surface area contributed by atoms with E-state index in [-0.39, 0.29) is 5.75 Å². The van der Waals surface area contributed by atoms with E-state index in [1.807, 2.05) is 18.2 Å². The Morgan fingerprint density at radius 1 is 0.960 bits per heavy atom. The summed E-state index contributed by atoms with van der Waals surface area (Å²) in [5.41, 5.74) is 5.25. The van der Waals surface area contributed by atoms with Gasteiger partial charge in [-0.3, -0.25) is 4.98 Å². The Morgan fingerprint density at radius 2 is 1.76 bits per heavy atom. The van der Waals surface area contributed by atoms with E-state index in [1.165, 1.54) is 16.5 Å². The second-order valence-corrected chi connectivity index (χ2v) is 6.24. The molecule has 0 aliphatic carbocycles. The van der Waals surface area contributed by atoms with Gasteiger partial charge >= 0.3 is 0 Å². The van der Waals surface area contributed by atoms with Crippen LogP contribution in [0.25, 0.3) is 34.0 Å². The molecule has 25 heavy (non-hydrogen) atoms. The topological polar surface area (TPSA) is 37.0 Å². The van der Waals surface area contributed by atoms with Gasteiger partial charge in [-0.15, -0.1) is 0 Å². The minimum Gasteiger partial charge on any atom is -0.506 e. The van der Waals surface area contributed by atoms with Crippen LogP contribution in [0.15, 0.2) is 60.8 Å². The number of hydrogen-bond acceptors (Lipinski definition) is 2. The number of fused-ring (bicyclic) bond motifs is 2. The predicted octanol–water partition coefficient (Wildman–Crippen LogP) is 4.40. The molecule has 0 unspecified atom stereocenters. The zero-order valence-corrected chi connectivity index (χ0v) is 14.3. The van der Waals surface area contributed by atoms with Crippen LogP contribution in [-0.4, -0.2) is 10.1 Å². The van der Waals surface area contributed by atoms with E-state index >= 15 is 0 Å². The summed E-state index contributed by atoms with van der Waals surface area (Å²) < 4.78 is 2.19. The summed E-state index contributed by atoms with van der Waals surface area (Å²) in [6.45, 7) is 2.14. The maximum atomic E-state index is 9.99. The zero-order valence-electron chi connectivity index (χ0n) is 14.3. The van der Waals surface area contributed by atoms with E-state index in [4.69, 9.17) is 0 Å². The number of rotatable bonds is 2. The molecule has 0 radical (unpaired) electrons. The molecule has 0 atom stereocenters. The van der Waals surface area contributed by atoms with Crippen LogP contribution in [0.1, 0.15) is 16.8 Å². The Hall–Kier alpha value is -3.20. The Kier molecular flexibility index (Phi) is 3.69. The summed E-state index contributed by atoms with van der Waals surface area (Å²) in [5.74, 6) is 0.208. The van der Waals surface area contributed by atoms with E-state index in [9.17, 15) is 5.11 Å². The molecule has 1 N–H and O–H groups in total. The van der Waals surface area contributed by atoms with Gasteiger partial charge in [0, 0.05) is 35.2 Å². The molecular weight excluding hydrogens is 308 g/mol. The van der Waals surface area contributed by atoms with Crippen molar-refractivity contribution in [2.24, 2.45) is 7.05 Å². The van der Waals surface area contributed by atoms with Crippen LogP contribution in [-0.2, 0) is 7.05 Å². The number of nitrogens with zero attached hydrogens (tertiary/aromatic N) is 2. The molecule has 0 saturated heterocycles. The quantitative estimate of drug-likeness (QED) is 0.554. The molecule has 3 nitrogen and oxygen atoms in total. The highest BCUT2D eigenvalue weighted by molar-refractivity contribution is 5.93. The molecule has 2 aromatic heterocycles. The van der Waals surface area contributed by atoms with Gasteiger partial charge in [0.2, 0.25) is 11.2 Å². The molecule has 122 valence electrons. The highest BCUT2D eigenvalue weighted by Crippen LogP contribution is 2.26. The average molecular weight is 327 g/mol. The highest BCUT2D eigenvalue weighted by atomic mass is 16.3. The number of phenolic OH excluding ortho intramolecular Hbond substituents is 1. The molecule has 4 rings (SSSR count). The lowest BCUT2D eigenvalue weighted by atomic mass is 10.1. The van der Waals surface area contributed by atoms with Crippen molar-refractivity contribution >= 4 is 34.0 Å². The third kappa shape index (κ3) is 2.64. The lowest BCUT2D eigenvalue weighted by molar-refractivity contribution is -0.646. The number of aromatic hydroxyl groups is 1. The van der Waals surface area contributed by atoms with Crippen LogP contribution < -0.4 is 4.57 Å². The largest absolute Gasteiger partial charge is 0.506 e. The number of para-hydroxylation sites is 1. The molecule has 0 aliphatic heterocycles. The minimum absolute atomic E-state index is 0.208. The number of benzene rings is 2. The van der Waals surface area contributed by atoms with E-state index in [2.05, 4.69) is 66.0 Å². The van der Waals surface area contributed by atoms with Gasteiger partial charge in [0.1, 0.15) is 18.3 Å². The molecule has 0 spiro atoms. The van der Waals surface area contributed by atoms with Crippen molar-refractivity contribution in [2.75, 3.05) is 0 Å². The third-order valence-corrected chi connectivity index (χ3v) is 4.66. The Labute approximate surface area is 146 Å². The Balaban J connectivity index is 1.85. The van der Waals surface area contributed by atoms with Crippen LogP contribution >= 0.6 is 0 Å². The van der Waals surface area contributed by atoms with E-state index < -0.39 is 0 Å². The van der Waals surface area contributed by atoms with Crippen molar-refractivity contribution in [3.63, 3.8) is 0 Å². The Bertz CT molecular complexity index is 1130. The van der Waals surface area contributed by atoms with E-state index in [1.54, 1.807) is 12.3 Å². The van der Waals surface area contributed by atoms with Gasteiger partial charge in [0.15, 0.2) is 0 Å². The normalized spacial score (nSPS) is 11.6. The van der Waals surface area contributed by atoms with Crippen molar-refractivity contribution in [3.05, 3.63) is 77.6 Å². The Morgan fingerprint density at radius 3 is 2.64 bits per heavy atom. The summed E-state index contributed by atoms with van der Waals surface area (Å²) in [6.07, 6.45) is 5.88. The smallest absolute Gasteiger partial charge is 0.212 e. The lowest BCUT2D eigenvalue weighted by Gasteiger charge is -2.05. The molecule has 0 bridgehead atoms. The van der Waals surface area contributed by atoms with E-state index in [0.717, 1.165) is 16.6 Å². The van der Waals surface area contributed by atoms with E-state index in [0.29, 0.717) is 5.52 Å². The summed E-state index contributed by atoms with van der Waals surface area (Å²) in [5, 5.41) is 12.2. The number of pyridine rings is 2. The van der Waals surface area contributed by atoms with Crippen LogP contribution in [0.4, 0.5) is 0 Å². The number of aryl methyl sites for hydroxylation is 2. The first-order valence-corrected chi connectivity index (χ1v) is 8.28. The molecule has 0 fully saturated rings. The zero-order chi connectivity index (χ0) is 17.4. The lowest BCUT2D eigenvalue weighted by Crippen LogP contribution is -2.33. The molecule has 0 saturated carbocycles. The average Bonchev–Trinajstić information content (AvgIpc) is 2.65. The molecule has 3 heteroatoms. The molecule has 2 aromatic carbocycles. The van der Waals surface area contributed by atoms with Gasteiger partial charge in [-0.2, -0.15) is 4.57 Å². The molecule has 2 heterocycles. The fourth-order valence-electron chi connectivity index (χ4n) is 3.30. The first-order valence-electron chi connectivity index (χ1n) is 8.28. The highest BCUT2D eigenvalue weighted by Gasteiger charge is 2.12. The van der Waals surface area contributed by atoms with Crippen molar-refractivity contribution in [3.8, 4) is 5.75 Å². The van der Waals surface area contributed by atoms with Crippen LogP contribution in [0.2, 0.25) is 0 Å². The van der Waals surface area contributed by atoms with Crippen LogP contribution in [0, 0.1) is 6.92 Å². The van der Waals surface area contributed by atoms with Crippen molar-refractivity contribution < 1.29 is 9.67 Å². The van der Waals surface area contributed by atoms with Gasteiger partial charge < -0.3 is 5.11 Å². The van der Waals surface area contributed by atoms with Gasteiger partial charge in [-0.25, -0.2) is 0 Å². The predicted molar refractivity (Wildman–Crippen MR) is 102 cm³/mol. The van der Waals surface area contributed by atoms with Crippen LogP contribution in [0.3, 0.4) is 0 Å². The monoisotopic (exact) mass is 327 g/mol. The molecule has 4 aromatic rings. The van der Waals surface area contributed by atoms with Crippen molar-refractivity contribution in [1.82, 2.24) is 4.98 Å². The third-order valence-electron chi connectivity index (χ3n) is 4.66. The first-order chi connectivity index (χ1) is 12.1. The molecular formula is C22H19N2O+. The minimum atomic E-state index is 0.208. The summed E-state index contributed by atoms with van der Waals surface area (Å²) >= 11 is 0. The summed E-state index contributed by atoms with van der Waals surface area (Å²) in [6, 6.07) is 18.1. The maximum Gasteiger partial charge on any atom is 0.212 e. The van der Waals surface area contributed by atoms with Crippen molar-refractivity contribution in [1.29, 1.82) is 0 Å². The molecule has 0 aliphatic rings. The fraction of sp³-hybridized carbons (Fsp3) is 0.0909. The standard InChI is InChI=1S/C22H18N2O/c1-15-14-17(24(2)20-8-4-3-6-18(15)20)11-9-16-10-12-21(25)22-19(16)7-5-13-23-22/h3-14H,1-2H3/p+1. The second kappa shape index (κ2) is 6.02. The van der Waals surface area contributed by atoms with Gasteiger partial charge in [0.25, 0.3) is 0 Å². The van der Waals surface area contributed by atoms with Gasteiger partial charge in [-0.05, 0) is 42.3 Å².